The van der Waals surface area contributed by atoms with Gasteiger partial charge in [0.2, 0.25) is 0 Å². The van der Waals surface area contributed by atoms with E-state index in [0.717, 1.165) is 19.3 Å². The summed E-state index contributed by atoms with van der Waals surface area (Å²) in [5, 5.41) is 14.3. The van der Waals surface area contributed by atoms with Gasteiger partial charge < -0.3 is 10.4 Å². The van der Waals surface area contributed by atoms with Crippen molar-refractivity contribution in [2.45, 2.75) is 83.9 Å². The van der Waals surface area contributed by atoms with E-state index in [1.165, 1.54) is 41.5 Å². The Balaban J connectivity index is 1.87. The van der Waals surface area contributed by atoms with E-state index in [9.17, 15) is 5.11 Å². The molecule has 1 fully saturated rings. The molecule has 2 aromatic carbocycles. The summed E-state index contributed by atoms with van der Waals surface area (Å²) in [4.78, 5) is 0. The molecule has 28 heavy (non-hydrogen) atoms. The van der Waals surface area contributed by atoms with Crippen molar-refractivity contribution in [3.63, 3.8) is 0 Å². The van der Waals surface area contributed by atoms with E-state index < -0.39 is 5.60 Å². The van der Waals surface area contributed by atoms with Crippen LogP contribution in [0.25, 0.3) is 0 Å². The maximum absolute atomic E-state index is 11.8. The van der Waals surface area contributed by atoms with E-state index >= 15 is 0 Å². The number of unbranched alkanes of at least 4 members (excludes halogenated alkanes) is 3. The highest BCUT2D eigenvalue weighted by molar-refractivity contribution is 5.27. The topological polar surface area (TPSA) is 36.8 Å². The fourth-order valence-electron chi connectivity index (χ4n) is 4.80. The fraction of sp³-hybridized carbons (Fsp3) is 0.538. The minimum Gasteiger partial charge on any atom is -0.389 e. The van der Waals surface area contributed by atoms with Gasteiger partial charge in [-0.1, -0.05) is 99.2 Å². The average Bonchev–Trinajstić information content (AvgIpc) is 2.69. The number of aliphatic hydroxyl groups is 1. The average molecular weight is 381 g/mol. The van der Waals surface area contributed by atoms with Gasteiger partial charge in [-0.05, 0) is 20.3 Å². The normalized spacial score (nSPS) is 27.7. The molecule has 0 spiro atoms. The van der Waals surface area contributed by atoms with Gasteiger partial charge in [-0.25, -0.2) is 0 Å². The molecule has 2 heteroatoms. The fourth-order valence-corrected chi connectivity index (χ4v) is 4.80. The van der Waals surface area contributed by atoms with Crippen LogP contribution >= 0.6 is 0 Å². The Hall–Kier alpha value is -1.64. The standard InChI is InChI=1S/C26H37NO/c1-5-6-7-8-17-26(28)18-24(22-13-9-19(2)10-14-22)27-25(21(26)4)23-15-11-20(3)12-16-23/h9-16,21,24-25,27-28H,5-8,17-18H2,1-4H3/p+1/t21-,24+,25-,26-/m0/s1. The molecule has 0 bridgehead atoms. The molecule has 0 unspecified atom stereocenters. The summed E-state index contributed by atoms with van der Waals surface area (Å²) in [6.45, 7) is 8.77. The van der Waals surface area contributed by atoms with Gasteiger partial charge in [-0.15, -0.1) is 0 Å². The Bertz CT molecular complexity index is 736. The third-order valence-electron chi connectivity index (χ3n) is 6.83. The maximum Gasteiger partial charge on any atom is 0.117 e. The Morgan fingerprint density at radius 2 is 1.46 bits per heavy atom. The Morgan fingerprint density at radius 3 is 2.04 bits per heavy atom. The molecule has 1 aliphatic heterocycles. The van der Waals surface area contributed by atoms with Gasteiger partial charge in [0.05, 0.1) is 5.60 Å². The molecule has 1 aliphatic rings. The summed E-state index contributed by atoms with van der Waals surface area (Å²) in [5.41, 5.74) is 4.64. The van der Waals surface area contributed by atoms with Crippen molar-refractivity contribution in [1.29, 1.82) is 0 Å². The molecule has 3 rings (SSSR count). The second-order valence-corrected chi connectivity index (χ2v) is 9.05. The summed E-state index contributed by atoms with van der Waals surface area (Å²) < 4.78 is 0. The first kappa shape index (κ1) is 21.1. The van der Waals surface area contributed by atoms with Crippen molar-refractivity contribution in [3.05, 3.63) is 70.8 Å². The summed E-state index contributed by atoms with van der Waals surface area (Å²) in [7, 11) is 0. The number of nitrogens with two attached hydrogens (primary N) is 1. The van der Waals surface area contributed by atoms with Crippen molar-refractivity contribution in [3.8, 4) is 0 Å². The molecule has 0 saturated carbocycles. The molecule has 1 heterocycles. The first-order chi connectivity index (χ1) is 13.4. The largest absolute Gasteiger partial charge is 0.389 e. The molecular weight excluding hydrogens is 342 g/mol. The molecule has 3 N–H and O–H groups in total. The smallest absolute Gasteiger partial charge is 0.117 e. The molecule has 4 atom stereocenters. The van der Waals surface area contributed by atoms with Crippen molar-refractivity contribution >= 4 is 0 Å². The van der Waals surface area contributed by atoms with Crippen molar-refractivity contribution in [2.24, 2.45) is 5.92 Å². The first-order valence-corrected chi connectivity index (χ1v) is 11.1. The number of rotatable bonds is 7. The Kier molecular flexibility index (Phi) is 6.95. The number of aryl methyl sites for hydroxylation is 2. The molecule has 0 amide bonds. The zero-order valence-corrected chi connectivity index (χ0v) is 18.1. The SMILES string of the molecule is CCCCCC[C@]1(O)C[C@H](c2ccc(C)cc2)[NH2+][C@H](c2ccc(C)cc2)[C@@H]1C. The molecule has 152 valence electrons. The first-order valence-electron chi connectivity index (χ1n) is 11.1. The highest BCUT2D eigenvalue weighted by Crippen LogP contribution is 2.41. The summed E-state index contributed by atoms with van der Waals surface area (Å²) in [5.74, 6) is 0.235. The lowest BCUT2D eigenvalue weighted by Crippen LogP contribution is -2.91. The van der Waals surface area contributed by atoms with Crippen LogP contribution < -0.4 is 5.32 Å². The number of hydrogen-bond acceptors (Lipinski definition) is 1. The lowest BCUT2D eigenvalue weighted by atomic mass is 9.70. The van der Waals surface area contributed by atoms with Crippen LogP contribution in [0.2, 0.25) is 0 Å². The molecule has 0 aliphatic carbocycles. The predicted octanol–water partition coefficient (Wildman–Crippen LogP) is 5.39. The maximum atomic E-state index is 11.8. The van der Waals surface area contributed by atoms with Crippen LogP contribution in [0.1, 0.15) is 86.7 Å². The molecule has 1 saturated heterocycles. The highest BCUT2D eigenvalue weighted by Gasteiger charge is 2.48. The summed E-state index contributed by atoms with van der Waals surface area (Å²) >= 11 is 0. The van der Waals surface area contributed by atoms with Crippen LogP contribution in [0, 0.1) is 19.8 Å². The van der Waals surface area contributed by atoms with Gasteiger partial charge in [-0.3, -0.25) is 0 Å². The van der Waals surface area contributed by atoms with E-state index in [2.05, 4.69) is 81.5 Å². The van der Waals surface area contributed by atoms with Crippen molar-refractivity contribution in [2.75, 3.05) is 0 Å². The lowest BCUT2D eigenvalue weighted by molar-refractivity contribution is -0.756. The van der Waals surface area contributed by atoms with Crippen LogP contribution in [0.4, 0.5) is 0 Å². The van der Waals surface area contributed by atoms with Gasteiger partial charge in [0.1, 0.15) is 12.1 Å². The zero-order valence-electron chi connectivity index (χ0n) is 18.1. The van der Waals surface area contributed by atoms with Crippen LogP contribution in [0.3, 0.4) is 0 Å². The Morgan fingerprint density at radius 1 is 0.893 bits per heavy atom. The van der Waals surface area contributed by atoms with Crippen LogP contribution in [0.5, 0.6) is 0 Å². The predicted molar refractivity (Wildman–Crippen MR) is 117 cm³/mol. The summed E-state index contributed by atoms with van der Waals surface area (Å²) in [6.07, 6.45) is 6.59. The van der Waals surface area contributed by atoms with Crippen molar-refractivity contribution in [1.82, 2.24) is 0 Å². The number of piperidine rings is 1. The van der Waals surface area contributed by atoms with E-state index in [4.69, 9.17) is 0 Å². The van der Waals surface area contributed by atoms with Crippen molar-refractivity contribution < 1.29 is 10.4 Å². The quantitative estimate of drug-likeness (QED) is 0.621. The van der Waals surface area contributed by atoms with Gasteiger partial charge in [0.25, 0.3) is 0 Å². The van der Waals surface area contributed by atoms with E-state index in [0.29, 0.717) is 6.04 Å². The van der Waals surface area contributed by atoms with E-state index in [1.807, 2.05) is 0 Å². The molecular formula is C26H38NO+. The Labute approximate surface area is 171 Å². The van der Waals surface area contributed by atoms with Gasteiger partial charge in [0, 0.05) is 23.5 Å². The van der Waals surface area contributed by atoms with Gasteiger partial charge in [0.15, 0.2) is 0 Å². The van der Waals surface area contributed by atoms with Gasteiger partial charge in [-0.2, -0.15) is 0 Å². The lowest BCUT2D eigenvalue weighted by Gasteiger charge is -2.45. The molecule has 2 nitrogen and oxygen atoms in total. The molecule has 2 aromatic rings. The van der Waals surface area contributed by atoms with Crippen LogP contribution in [-0.2, 0) is 0 Å². The molecule has 0 radical (unpaired) electrons. The van der Waals surface area contributed by atoms with Crippen LogP contribution in [-0.4, -0.2) is 10.7 Å². The second-order valence-electron chi connectivity index (χ2n) is 9.05. The van der Waals surface area contributed by atoms with Crippen LogP contribution in [0.15, 0.2) is 48.5 Å². The summed E-state index contributed by atoms with van der Waals surface area (Å²) in [6, 6.07) is 18.4. The minimum atomic E-state index is -0.604. The monoisotopic (exact) mass is 380 g/mol. The zero-order chi connectivity index (χ0) is 20.1. The third kappa shape index (κ3) is 4.85. The minimum absolute atomic E-state index is 0.235. The molecule has 0 aromatic heterocycles. The number of quaternary nitrogens is 1. The third-order valence-corrected chi connectivity index (χ3v) is 6.83. The highest BCUT2D eigenvalue weighted by atomic mass is 16.3. The number of hydrogen-bond donors (Lipinski definition) is 2. The second kappa shape index (κ2) is 9.24. The van der Waals surface area contributed by atoms with E-state index in [-0.39, 0.29) is 12.0 Å². The number of benzene rings is 2. The van der Waals surface area contributed by atoms with Gasteiger partial charge >= 0.3 is 0 Å². The van der Waals surface area contributed by atoms with E-state index in [1.54, 1.807) is 0 Å².